The molecule has 138 valence electrons. The zero-order chi connectivity index (χ0) is 19.2. The molecule has 0 aromatic heterocycles. The van der Waals surface area contributed by atoms with Crippen LogP contribution in [-0.2, 0) is 21.4 Å². The second-order valence-corrected chi connectivity index (χ2v) is 7.28. The number of halogens is 1. The summed E-state index contributed by atoms with van der Waals surface area (Å²) in [6.45, 7) is 6.77. The van der Waals surface area contributed by atoms with Gasteiger partial charge in [-0.25, -0.2) is 4.39 Å². The minimum atomic E-state index is -0.354. The van der Waals surface area contributed by atoms with E-state index in [2.05, 4.69) is 31.4 Å². The van der Waals surface area contributed by atoms with E-state index in [-0.39, 0.29) is 29.5 Å². The first kappa shape index (κ1) is 19.6. The number of rotatable bonds is 6. The summed E-state index contributed by atoms with van der Waals surface area (Å²) in [5.74, 6) is -0.978. The molecule has 0 unspecified atom stereocenters. The molecule has 0 heterocycles. The summed E-state index contributed by atoms with van der Waals surface area (Å²) in [6, 6.07) is 13.7. The van der Waals surface area contributed by atoms with Gasteiger partial charge >= 0.3 is 0 Å². The van der Waals surface area contributed by atoms with Crippen molar-refractivity contribution < 1.29 is 14.0 Å². The van der Waals surface area contributed by atoms with Crippen LogP contribution in [0.2, 0.25) is 0 Å². The first-order valence-corrected chi connectivity index (χ1v) is 8.65. The third kappa shape index (κ3) is 6.31. The van der Waals surface area contributed by atoms with Gasteiger partial charge in [0.05, 0.1) is 0 Å². The van der Waals surface area contributed by atoms with Gasteiger partial charge in [-0.15, -0.1) is 0 Å². The Bertz CT molecular complexity index is 747. The van der Waals surface area contributed by atoms with Crippen molar-refractivity contribution in [1.82, 2.24) is 5.32 Å². The standard InChI is InChI=1S/C21H25FN2O2/c1-21(2,3)16-6-10-18(11-7-16)24-20(26)14-19(25)23-13-12-15-4-8-17(22)9-5-15/h4-11H,12-14H2,1-3H3,(H,23,25)(H,24,26). The highest BCUT2D eigenvalue weighted by Crippen LogP contribution is 2.23. The number of benzene rings is 2. The van der Waals surface area contributed by atoms with Gasteiger partial charge in [-0.05, 0) is 47.2 Å². The molecule has 0 atom stereocenters. The molecule has 2 aromatic carbocycles. The van der Waals surface area contributed by atoms with Gasteiger partial charge in [-0.2, -0.15) is 0 Å². The van der Waals surface area contributed by atoms with Gasteiger partial charge in [0.15, 0.2) is 0 Å². The summed E-state index contributed by atoms with van der Waals surface area (Å²) in [5.41, 5.74) is 2.82. The second-order valence-electron chi connectivity index (χ2n) is 7.28. The summed E-state index contributed by atoms with van der Waals surface area (Å²) < 4.78 is 12.8. The molecule has 0 aliphatic carbocycles. The Balaban J connectivity index is 1.74. The van der Waals surface area contributed by atoms with Crippen molar-refractivity contribution >= 4 is 17.5 Å². The molecule has 0 saturated carbocycles. The highest BCUT2D eigenvalue weighted by Gasteiger charge is 2.14. The molecule has 0 bridgehead atoms. The van der Waals surface area contributed by atoms with Crippen LogP contribution in [0.4, 0.5) is 10.1 Å². The minimum Gasteiger partial charge on any atom is -0.355 e. The summed E-state index contributed by atoms with van der Waals surface area (Å²) >= 11 is 0. The van der Waals surface area contributed by atoms with Crippen molar-refractivity contribution in [3.63, 3.8) is 0 Å². The fourth-order valence-corrected chi connectivity index (χ4v) is 2.46. The first-order valence-electron chi connectivity index (χ1n) is 8.65. The van der Waals surface area contributed by atoms with E-state index in [4.69, 9.17) is 0 Å². The zero-order valence-electron chi connectivity index (χ0n) is 15.4. The summed E-state index contributed by atoms with van der Waals surface area (Å²) in [6.07, 6.45) is 0.354. The first-order chi connectivity index (χ1) is 12.2. The Morgan fingerprint density at radius 2 is 1.54 bits per heavy atom. The van der Waals surface area contributed by atoms with E-state index < -0.39 is 0 Å². The summed E-state index contributed by atoms with van der Waals surface area (Å²) in [5, 5.41) is 5.42. The van der Waals surface area contributed by atoms with Crippen LogP contribution in [0.5, 0.6) is 0 Å². The fourth-order valence-electron chi connectivity index (χ4n) is 2.46. The number of anilines is 1. The Labute approximate surface area is 153 Å². The predicted octanol–water partition coefficient (Wildman–Crippen LogP) is 3.81. The van der Waals surface area contributed by atoms with Gasteiger partial charge in [0, 0.05) is 12.2 Å². The Morgan fingerprint density at radius 3 is 2.12 bits per heavy atom. The largest absolute Gasteiger partial charge is 0.355 e. The van der Waals surface area contributed by atoms with E-state index in [9.17, 15) is 14.0 Å². The lowest BCUT2D eigenvalue weighted by atomic mass is 9.87. The van der Waals surface area contributed by atoms with Crippen LogP contribution in [0.3, 0.4) is 0 Å². The maximum Gasteiger partial charge on any atom is 0.233 e. The van der Waals surface area contributed by atoms with Crippen LogP contribution in [0.25, 0.3) is 0 Å². The van der Waals surface area contributed by atoms with Crippen LogP contribution in [-0.4, -0.2) is 18.4 Å². The molecule has 2 N–H and O–H groups in total. The van der Waals surface area contributed by atoms with E-state index in [1.54, 1.807) is 12.1 Å². The predicted molar refractivity (Wildman–Crippen MR) is 102 cm³/mol. The van der Waals surface area contributed by atoms with Gasteiger partial charge < -0.3 is 10.6 Å². The molecule has 2 rings (SSSR count). The summed E-state index contributed by atoms with van der Waals surface area (Å²) in [4.78, 5) is 23.8. The number of amides is 2. The fraction of sp³-hybridized carbons (Fsp3) is 0.333. The molecular weight excluding hydrogens is 331 g/mol. The molecule has 2 amide bonds. The van der Waals surface area contributed by atoms with Crippen molar-refractivity contribution in [2.45, 2.75) is 39.0 Å². The summed E-state index contributed by atoms with van der Waals surface area (Å²) in [7, 11) is 0. The van der Waals surface area contributed by atoms with Crippen molar-refractivity contribution in [1.29, 1.82) is 0 Å². The lowest BCUT2D eigenvalue weighted by Gasteiger charge is -2.19. The normalized spacial score (nSPS) is 11.1. The maximum atomic E-state index is 12.8. The van der Waals surface area contributed by atoms with Crippen LogP contribution < -0.4 is 10.6 Å². The minimum absolute atomic E-state index is 0.0486. The van der Waals surface area contributed by atoms with Crippen LogP contribution in [0.1, 0.15) is 38.3 Å². The molecule has 4 nitrogen and oxygen atoms in total. The molecule has 0 aliphatic heterocycles. The third-order valence-corrected chi connectivity index (χ3v) is 4.00. The highest BCUT2D eigenvalue weighted by atomic mass is 19.1. The number of carbonyl (C=O) groups excluding carboxylic acids is 2. The number of hydrogen-bond acceptors (Lipinski definition) is 2. The van der Waals surface area contributed by atoms with Gasteiger partial charge in [0.25, 0.3) is 0 Å². The lowest BCUT2D eigenvalue weighted by Crippen LogP contribution is -2.29. The highest BCUT2D eigenvalue weighted by molar-refractivity contribution is 6.03. The Morgan fingerprint density at radius 1 is 0.923 bits per heavy atom. The van der Waals surface area contributed by atoms with Gasteiger partial charge in [-0.3, -0.25) is 9.59 Å². The second kappa shape index (κ2) is 8.61. The molecule has 26 heavy (non-hydrogen) atoms. The lowest BCUT2D eigenvalue weighted by molar-refractivity contribution is -0.126. The quantitative estimate of drug-likeness (QED) is 0.773. The Kier molecular flexibility index (Phi) is 6.50. The van der Waals surface area contributed by atoms with Gasteiger partial charge in [-0.1, -0.05) is 45.0 Å². The van der Waals surface area contributed by atoms with Crippen LogP contribution in [0.15, 0.2) is 48.5 Å². The molecule has 0 saturated heterocycles. The van der Waals surface area contributed by atoms with E-state index >= 15 is 0 Å². The topological polar surface area (TPSA) is 58.2 Å². The average molecular weight is 356 g/mol. The third-order valence-electron chi connectivity index (χ3n) is 4.00. The van der Waals surface area contributed by atoms with Crippen molar-refractivity contribution in [3.05, 3.63) is 65.5 Å². The SMILES string of the molecule is CC(C)(C)c1ccc(NC(=O)CC(=O)NCCc2ccc(F)cc2)cc1. The monoisotopic (exact) mass is 356 g/mol. The Hall–Kier alpha value is -2.69. The van der Waals surface area contributed by atoms with Crippen LogP contribution >= 0.6 is 0 Å². The van der Waals surface area contributed by atoms with E-state index in [1.807, 2.05) is 24.3 Å². The van der Waals surface area contributed by atoms with Crippen molar-refractivity contribution in [3.8, 4) is 0 Å². The molecule has 0 aliphatic rings. The maximum absolute atomic E-state index is 12.8. The van der Waals surface area contributed by atoms with Crippen molar-refractivity contribution in [2.24, 2.45) is 0 Å². The smallest absolute Gasteiger partial charge is 0.233 e. The molecule has 5 heteroatoms. The van der Waals surface area contributed by atoms with Gasteiger partial charge in [0.2, 0.25) is 11.8 Å². The van der Waals surface area contributed by atoms with E-state index in [0.29, 0.717) is 18.7 Å². The molecule has 2 aromatic rings. The molecule has 0 spiro atoms. The van der Waals surface area contributed by atoms with E-state index in [0.717, 1.165) is 5.56 Å². The zero-order valence-corrected chi connectivity index (χ0v) is 15.4. The van der Waals surface area contributed by atoms with Crippen molar-refractivity contribution in [2.75, 3.05) is 11.9 Å². The molecular formula is C21H25FN2O2. The van der Waals surface area contributed by atoms with Gasteiger partial charge in [0.1, 0.15) is 12.2 Å². The number of carbonyl (C=O) groups is 2. The molecule has 0 fully saturated rings. The average Bonchev–Trinajstić information content (AvgIpc) is 2.56. The van der Waals surface area contributed by atoms with Crippen LogP contribution in [0, 0.1) is 5.82 Å². The van der Waals surface area contributed by atoms with E-state index in [1.165, 1.54) is 17.7 Å². The number of hydrogen-bond donors (Lipinski definition) is 2. The number of nitrogens with one attached hydrogen (secondary N) is 2. The molecule has 0 radical (unpaired) electrons.